The Morgan fingerprint density at radius 3 is 2.32 bits per heavy atom. The van der Waals surface area contributed by atoms with E-state index in [0.29, 0.717) is 11.8 Å². The van der Waals surface area contributed by atoms with Gasteiger partial charge < -0.3 is 10.0 Å². The van der Waals surface area contributed by atoms with Crippen molar-refractivity contribution >= 4 is 5.91 Å². The number of benzene rings is 1. The van der Waals surface area contributed by atoms with Crippen LogP contribution < -0.4 is 0 Å². The van der Waals surface area contributed by atoms with E-state index in [0.717, 1.165) is 44.3 Å². The Morgan fingerprint density at radius 2 is 1.74 bits per heavy atom. The topological polar surface area (TPSA) is 40.5 Å². The van der Waals surface area contributed by atoms with Gasteiger partial charge in [-0.25, -0.2) is 0 Å². The number of rotatable bonds is 3. The first kappa shape index (κ1) is 12.7. The van der Waals surface area contributed by atoms with Gasteiger partial charge in [-0.3, -0.25) is 4.79 Å². The summed E-state index contributed by atoms with van der Waals surface area (Å²) in [5, 5.41) is 10.4. The van der Waals surface area contributed by atoms with E-state index in [1.165, 1.54) is 0 Å². The van der Waals surface area contributed by atoms with Crippen LogP contribution in [0.1, 0.15) is 37.4 Å². The van der Waals surface area contributed by atoms with Crippen molar-refractivity contribution in [3.8, 4) is 0 Å². The minimum atomic E-state index is -0.389. The lowest BCUT2D eigenvalue weighted by atomic mass is 9.87. The van der Waals surface area contributed by atoms with Gasteiger partial charge in [-0.2, -0.15) is 0 Å². The highest BCUT2D eigenvalue weighted by Gasteiger charge is 2.36. The van der Waals surface area contributed by atoms with Gasteiger partial charge in [0.15, 0.2) is 0 Å². The summed E-state index contributed by atoms with van der Waals surface area (Å²) < 4.78 is 0. The summed E-state index contributed by atoms with van der Waals surface area (Å²) in [6, 6.07) is 9.85. The predicted octanol–water partition coefficient (Wildman–Crippen LogP) is 2.37. The molecule has 1 heterocycles. The Morgan fingerprint density at radius 1 is 1.11 bits per heavy atom. The third-order valence-electron chi connectivity index (χ3n) is 4.37. The zero-order chi connectivity index (χ0) is 13.2. The number of hydrogen-bond donors (Lipinski definition) is 1. The van der Waals surface area contributed by atoms with Gasteiger partial charge in [0.05, 0.1) is 6.10 Å². The lowest BCUT2D eigenvalue weighted by Gasteiger charge is -2.34. The van der Waals surface area contributed by atoms with Crippen LogP contribution in [0.15, 0.2) is 30.3 Å². The Kier molecular flexibility index (Phi) is 3.56. The van der Waals surface area contributed by atoms with Crippen LogP contribution in [0.4, 0.5) is 0 Å². The minimum absolute atomic E-state index is 0.283. The second kappa shape index (κ2) is 5.33. The lowest BCUT2D eigenvalue weighted by molar-refractivity contribution is -0.134. The van der Waals surface area contributed by atoms with Gasteiger partial charge in [-0.15, -0.1) is 0 Å². The average Bonchev–Trinajstić information content (AvgIpc) is 3.31. The molecule has 0 bridgehead atoms. The second-order valence-corrected chi connectivity index (χ2v) is 5.79. The summed E-state index contributed by atoms with van der Waals surface area (Å²) in [6.07, 6.45) is 3.58. The molecule has 0 aromatic heterocycles. The molecular weight excluding hydrogens is 238 g/mol. The molecule has 1 unspecified atom stereocenters. The molecule has 3 rings (SSSR count). The zero-order valence-electron chi connectivity index (χ0n) is 11.2. The van der Waals surface area contributed by atoms with Gasteiger partial charge in [0.25, 0.3) is 0 Å². The fraction of sp³-hybridized carbons (Fsp3) is 0.562. The number of carbonyl (C=O) groups is 1. The van der Waals surface area contributed by atoms with Crippen LogP contribution in [0, 0.1) is 11.8 Å². The van der Waals surface area contributed by atoms with Crippen LogP contribution in [-0.2, 0) is 4.79 Å². The number of aliphatic hydroxyl groups excluding tert-OH is 1. The van der Waals surface area contributed by atoms with E-state index >= 15 is 0 Å². The third kappa shape index (κ3) is 2.81. The molecule has 102 valence electrons. The summed E-state index contributed by atoms with van der Waals surface area (Å²) in [6.45, 7) is 1.62. The highest BCUT2D eigenvalue weighted by Crippen LogP contribution is 2.35. The molecule has 1 aromatic rings. The highest BCUT2D eigenvalue weighted by atomic mass is 16.3. The maximum Gasteiger partial charge on any atom is 0.225 e. The first-order chi connectivity index (χ1) is 9.25. The van der Waals surface area contributed by atoms with Crippen molar-refractivity contribution < 1.29 is 9.90 Å². The standard InChI is InChI=1S/C16H21NO2/c18-15(12-4-2-1-3-5-12)13-8-10-17(11-9-13)16(19)14-6-7-14/h1-5,13-15,18H,6-11H2. The largest absolute Gasteiger partial charge is 0.388 e. The molecule has 0 spiro atoms. The molecule has 1 N–H and O–H groups in total. The quantitative estimate of drug-likeness (QED) is 0.905. The molecule has 1 amide bonds. The molecule has 1 saturated heterocycles. The predicted molar refractivity (Wildman–Crippen MR) is 73.4 cm³/mol. The zero-order valence-corrected chi connectivity index (χ0v) is 11.2. The summed E-state index contributed by atoms with van der Waals surface area (Å²) in [5.74, 6) is 0.939. The number of piperidine rings is 1. The van der Waals surface area contributed by atoms with Gasteiger partial charge in [-0.05, 0) is 37.2 Å². The normalized spacial score (nSPS) is 22.3. The van der Waals surface area contributed by atoms with Crippen molar-refractivity contribution in [3.63, 3.8) is 0 Å². The smallest absolute Gasteiger partial charge is 0.225 e. The van der Waals surface area contributed by atoms with Crippen LogP contribution in [0.2, 0.25) is 0 Å². The molecule has 0 radical (unpaired) electrons. The molecule has 1 aliphatic heterocycles. The number of aliphatic hydroxyl groups is 1. The number of amides is 1. The summed E-state index contributed by atoms with van der Waals surface area (Å²) in [7, 11) is 0. The van der Waals surface area contributed by atoms with Crippen molar-refractivity contribution in [1.29, 1.82) is 0 Å². The molecule has 1 aromatic carbocycles. The third-order valence-corrected chi connectivity index (χ3v) is 4.37. The first-order valence-electron chi connectivity index (χ1n) is 7.27. The van der Waals surface area contributed by atoms with E-state index in [1.54, 1.807) is 0 Å². The van der Waals surface area contributed by atoms with Crippen LogP contribution in [0.3, 0.4) is 0 Å². The van der Waals surface area contributed by atoms with Crippen molar-refractivity contribution in [2.75, 3.05) is 13.1 Å². The lowest BCUT2D eigenvalue weighted by Crippen LogP contribution is -2.40. The Labute approximate surface area is 114 Å². The van der Waals surface area contributed by atoms with Gasteiger partial charge in [0, 0.05) is 19.0 Å². The number of hydrogen-bond acceptors (Lipinski definition) is 2. The molecule has 2 fully saturated rings. The first-order valence-corrected chi connectivity index (χ1v) is 7.27. The van der Waals surface area contributed by atoms with Crippen LogP contribution in [-0.4, -0.2) is 29.0 Å². The number of carbonyl (C=O) groups excluding carboxylic acids is 1. The second-order valence-electron chi connectivity index (χ2n) is 5.79. The van der Waals surface area contributed by atoms with Gasteiger partial charge in [0.1, 0.15) is 0 Å². The summed E-state index contributed by atoms with van der Waals surface area (Å²) in [5.41, 5.74) is 0.995. The van der Waals surface area contributed by atoms with E-state index in [-0.39, 0.29) is 12.0 Å². The Hall–Kier alpha value is -1.35. The van der Waals surface area contributed by atoms with Crippen molar-refractivity contribution in [3.05, 3.63) is 35.9 Å². The average molecular weight is 259 g/mol. The molecular formula is C16H21NO2. The highest BCUT2D eigenvalue weighted by molar-refractivity contribution is 5.81. The molecule has 3 heteroatoms. The summed E-state index contributed by atoms with van der Waals surface area (Å²) in [4.78, 5) is 14.0. The van der Waals surface area contributed by atoms with Crippen molar-refractivity contribution in [1.82, 2.24) is 4.90 Å². The maximum atomic E-state index is 12.0. The molecule has 1 saturated carbocycles. The van der Waals surface area contributed by atoms with E-state index in [2.05, 4.69) is 0 Å². The van der Waals surface area contributed by atoms with Gasteiger partial charge in [0.2, 0.25) is 5.91 Å². The fourth-order valence-corrected chi connectivity index (χ4v) is 2.95. The molecule has 2 aliphatic rings. The van der Waals surface area contributed by atoms with Crippen LogP contribution in [0.5, 0.6) is 0 Å². The van der Waals surface area contributed by atoms with Crippen LogP contribution >= 0.6 is 0 Å². The van der Waals surface area contributed by atoms with Crippen molar-refractivity contribution in [2.45, 2.75) is 31.8 Å². The summed E-state index contributed by atoms with van der Waals surface area (Å²) >= 11 is 0. The minimum Gasteiger partial charge on any atom is -0.388 e. The fourth-order valence-electron chi connectivity index (χ4n) is 2.95. The van der Waals surface area contributed by atoms with E-state index in [4.69, 9.17) is 0 Å². The Bertz CT molecular complexity index is 433. The maximum absolute atomic E-state index is 12.0. The Balaban J connectivity index is 1.56. The molecule has 19 heavy (non-hydrogen) atoms. The van der Waals surface area contributed by atoms with Gasteiger partial charge in [-0.1, -0.05) is 30.3 Å². The molecule has 1 aliphatic carbocycles. The SMILES string of the molecule is O=C(C1CC1)N1CCC(C(O)c2ccccc2)CC1. The number of likely N-dealkylation sites (tertiary alicyclic amines) is 1. The van der Waals surface area contributed by atoms with Crippen LogP contribution in [0.25, 0.3) is 0 Å². The number of nitrogens with zero attached hydrogens (tertiary/aromatic N) is 1. The molecule has 3 nitrogen and oxygen atoms in total. The van der Waals surface area contributed by atoms with E-state index < -0.39 is 0 Å². The monoisotopic (exact) mass is 259 g/mol. The molecule has 1 atom stereocenters. The van der Waals surface area contributed by atoms with Crippen molar-refractivity contribution in [2.24, 2.45) is 11.8 Å². The van der Waals surface area contributed by atoms with E-state index in [1.807, 2.05) is 35.2 Å². The van der Waals surface area contributed by atoms with Gasteiger partial charge >= 0.3 is 0 Å². The van der Waals surface area contributed by atoms with E-state index in [9.17, 15) is 9.90 Å².